The maximum Gasteiger partial charge on any atom is 0.276 e. The van der Waals surface area contributed by atoms with Crippen LogP contribution in [0.2, 0.25) is 0 Å². The first kappa shape index (κ1) is 13.5. The Labute approximate surface area is 129 Å². The van der Waals surface area contributed by atoms with Gasteiger partial charge in [0, 0.05) is 24.2 Å². The van der Waals surface area contributed by atoms with Gasteiger partial charge in [0.1, 0.15) is 6.26 Å². The number of hydrogen-bond donors (Lipinski definition) is 1. The maximum atomic E-state index is 12.8. The second-order valence-electron chi connectivity index (χ2n) is 5.99. The molecule has 3 heterocycles. The maximum absolute atomic E-state index is 12.8. The van der Waals surface area contributed by atoms with Crippen molar-refractivity contribution in [3.8, 4) is 11.5 Å². The number of nitrogens with one attached hydrogen (secondary N) is 1. The van der Waals surface area contributed by atoms with Crippen molar-refractivity contribution in [3.63, 3.8) is 0 Å². The Hall–Kier alpha value is -2.14. The third-order valence-electron chi connectivity index (χ3n) is 4.63. The summed E-state index contributed by atoms with van der Waals surface area (Å²) in [5, 5.41) is 3.41. The molecule has 2 fully saturated rings. The van der Waals surface area contributed by atoms with E-state index in [1.807, 2.05) is 35.2 Å². The van der Waals surface area contributed by atoms with Gasteiger partial charge < -0.3 is 14.6 Å². The van der Waals surface area contributed by atoms with E-state index in [1.165, 1.54) is 6.26 Å². The number of amides is 1. The highest BCUT2D eigenvalue weighted by Crippen LogP contribution is 2.30. The Kier molecular flexibility index (Phi) is 3.42. The number of rotatable bonds is 2. The molecule has 0 saturated carbocycles. The molecule has 0 spiro atoms. The Bertz CT molecular complexity index is 654. The zero-order chi connectivity index (χ0) is 14.9. The predicted octanol–water partition coefficient (Wildman–Crippen LogP) is 2.31. The van der Waals surface area contributed by atoms with Gasteiger partial charge in [-0.05, 0) is 37.9 Å². The number of fused-ring (bicyclic) bond motifs is 2. The predicted molar refractivity (Wildman–Crippen MR) is 82.4 cm³/mol. The van der Waals surface area contributed by atoms with Crippen LogP contribution in [0.5, 0.6) is 0 Å². The summed E-state index contributed by atoms with van der Waals surface area (Å²) < 4.78 is 5.51. The van der Waals surface area contributed by atoms with E-state index in [-0.39, 0.29) is 11.9 Å². The second kappa shape index (κ2) is 5.57. The summed E-state index contributed by atoms with van der Waals surface area (Å²) in [6.45, 7) is 1.87. The molecule has 1 aromatic carbocycles. The van der Waals surface area contributed by atoms with Crippen LogP contribution in [-0.2, 0) is 0 Å². The number of oxazole rings is 1. The second-order valence-corrected chi connectivity index (χ2v) is 5.99. The first-order valence-electron chi connectivity index (χ1n) is 7.87. The van der Waals surface area contributed by atoms with Crippen LogP contribution in [0.3, 0.4) is 0 Å². The van der Waals surface area contributed by atoms with Gasteiger partial charge in [-0.3, -0.25) is 4.79 Å². The molecule has 0 radical (unpaired) electrons. The quantitative estimate of drug-likeness (QED) is 0.924. The highest BCUT2D eigenvalue weighted by atomic mass is 16.3. The van der Waals surface area contributed by atoms with E-state index in [0.29, 0.717) is 17.6 Å². The van der Waals surface area contributed by atoms with E-state index in [9.17, 15) is 4.79 Å². The van der Waals surface area contributed by atoms with Gasteiger partial charge in [0.25, 0.3) is 5.91 Å². The van der Waals surface area contributed by atoms with E-state index in [2.05, 4.69) is 10.3 Å². The zero-order valence-electron chi connectivity index (χ0n) is 12.4. The Balaban J connectivity index is 1.60. The van der Waals surface area contributed by atoms with Crippen LogP contribution >= 0.6 is 0 Å². The minimum Gasteiger partial charge on any atom is -0.444 e. The van der Waals surface area contributed by atoms with E-state index in [4.69, 9.17) is 4.42 Å². The van der Waals surface area contributed by atoms with Crippen molar-refractivity contribution in [1.82, 2.24) is 15.2 Å². The summed E-state index contributed by atoms with van der Waals surface area (Å²) in [6, 6.07) is 10.3. The van der Waals surface area contributed by atoms with E-state index in [0.717, 1.165) is 37.9 Å². The van der Waals surface area contributed by atoms with Crippen LogP contribution in [0.4, 0.5) is 0 Å². The number of carbonyl (C=O) groups excluding carboxylic acids is 1. The lowest BCUT2D eigenvalue weighted by Crippen LogP contribution is -2.42. The summed E-state index contributed by atoms with van der Waals surface area (Å²) in [5.74, 6) is 0.506. The number of hydrogen-bond acceptors (Lipinski definition) is 4. The first-order chi connectivity index (χ1) is 10.8. The fourth-order valence-corrected chi connectivity index (χ4v) is 3.53. The average molecular weight is 297 g/mol. The summed E-state index contributed by atoms with van der Waals surface area (Å²) in [7, 11) is 0. The normalized spacial score (nSPS) is 24.3. The van der Waals surface area contributed by atoms with Crippen molar-refractivity contribution in [2.45, 2.75) is 31.3 Å². The molecule has 2 unspecified atom stereocenters. The first-order valence-corrected chi connectivity index (χ1v) is 7.87. The Morgan fingerprint density at radius 1 is 1.18 bits per heavy atom. The SMILES string of the molecule is O=C(c1coc(-c2ccccc2)n1)N1C2CCNCC1CC2. The molecule has 4 rings (SSSR count). The van der Waals surface area contributed by atoms with Crippen LogP contribution < -0.4 is 5.32 Å². The number of aromatic nitrogens is 1. The van der Waals surface area contributed by atoms with Crippen molar-refractivity contribution in [3.05, 3.63) is 42.3 Å². The fourth-order valence-electron chi connectivity index (χ4n) is 3.53. The molecular formula is C17H19N3O2. The molecule has 2 aliphatic heterocycles. The van der Waals surface area contributed by atoms with Crippen LogP contribution in [0.15, 0.2) is 41.0 Å². The number of benzene rings is 1. The Morgan fingerprint density at radius 3 is 2.86 bits per heavy atom. The van der Waals surface area contributed by atoms with Gasteiger partial charge in [-0.25, -0.2) is 4.98 Å². The molecule has 114 valence electrons. The summed E-state index contributed by atoms with van der Waals surface area (Å²) in [5.41, 5.74) is 1.31. The molecule has 2 aromatic rings. The lowest BCUT2D eigenvalue weighted by Gasteiger charge is -2.26. The topological polar surface area (TPSA) is 58.4 Å². The molecule has 5 heteroatoms. The zero-order valence-corrected chi connectivity index (χ0v) is 12.4. The molecular weight excluding hydrogens is 278 g/mol. The lowest BCUT2D eigenvalue weighted by atomic mass is 10.1. The summed E-state index contributed by atoms with van der Waals surface area (Å²) in [4.78, 5) is 19.3. The third-order valence-corrected chi connectivity index (χ3v) is 4.63. The largest absolute Gasteiger partial charge is 0.444 e. The highest BCUT2D eigenvalue weighted by molar-refractivity contribution is 5.93. The molecule has 1 amide bonds. The van der Waals surface area contributed by atoms with E-state index in [1.54, 1.807) is 0 Å². The molecule has 5 nitrogen and oxygen atoms in total. The smallest absolute Gasteiger partial charge is 0.276 e. The monoisotopic (exact) mass is 297 g/mol. The molecule has 22 heavy (non-hydrogen) atoms. The van der Waals surface area contributed by atoms with Crippen molar-refractivity contribution in [2.24, 2.45) is 0 Å². The molecule has 1 aromatic heterocycles. The molecule has 2 saturated heterocycles. The number of carbonyl (C=O) groups is 1. The van der Waals surface area contributed by atoms with Crippen LogP contribution in [0.1, 0.15) is 29.8 Å². The lowest BCUT2D eigenvalue weighted by molar-refractivity contribution is 0.0674. The van der Waals surface area contributed by atoms with Gasteiger partial charge in [0.15, 0.2) is 5.69 Å². The van der Waals surface area contributed by atoms with E-state index < -0.39 is 0 Å². The van der Waals surface area contributed by atoms with Gasteiger partial charge in [0.2, 0.25) is 5.89 Å². The van der Waals surface area contributed by atoms with Crippen LogP contribution in [0.25, 0.3) is 11.5 Å². The molecule has 2 atom stereocenters. The molecule has 1 N–H and O–H groups in total. The standard InChI is InChI=1S/C17H19N3O2/c21-17(20-13-6-7-14(20)10-18-9-8-13)15-11-22-16(19-15)12-4-2-1-3-5-12/h1-5,11,13-14,18H,6-10H2. The van der Waals surface area contributed by atoms with Crippen molar-refractivity contribution < 1.29 is 9.21 Å². The number of nitrogens with zero attached hydrogens (tertiary/aromatic N) is 2. The van der Waals surface area contributed by atoms with Gasteiger partial charge in [-0.15, -0.1) is 0 Å². The summed E-state index contributed by atoms with van der Waals surface area (Å²) in [6.07, 6.45) is 4.68. The van der Waals surface area contributed by atoms with Crippen LogP contribution in [0, 0.1) is 0 Å². The van der Waals surface area contributed by atoms with Gasteiger partial charge >= 0.3 is 0 Å². The summed E-state index contributed by atoms with van der Waals surface area (Å²) >= 11 is 0. The van der Waals surface area contributed by atoms with Gasteiger partial charge in [-0.2, -0.15) is 0 Å². The van der Waals surface area contributed by atoms with Crippen LogP contribution in [-0.4, -0.2) is 41.0 Å². The van der Waals surface area contributed by atoms with E-state index >= 15 is 0 Å². The fraction of sp³-hybridized carbons (Fsp3) is 0.412. The van der Waals surface area contributed by atoms with Crippen molar-refractivity contribution in [2.75, 3.05) is 13.1 Å². The average Bonchev–Trinajstić information content (AvgIpc) is 3.12. The minimum absolute atomic E-state index is 0.00197. The highest BCUT2D eigenvalue weighted by Gasteiger charge is 2.39. The van der Waals surface area contributed by atoms with Gasteiger partial charge in [0.05, 0.1) is 0 Å². The minimum atomic E-state index is 0.00197. The molecule has 2 aliphatic rings. The van der Waals surface area contributed by atoms with Crippen molar-refractivity contribution in [1.29, 1.82) is 0 Å². The van der Waals surface area contributed by atoms with Gasteiger partial charge in [-0.1, -0.05) is 18.2 Å². The third kappa shape index (κ3) is 2.31. The van der Waals surface area contributed by atoms with Crippen molar-refractivity contribution >= 4 is 5.91 Å². The Morgan fingerprint density at radius 2 is 2.00 bits per heavy atom. The molecule has 2 bridgehead atoms. The molecule has 0 aliphatic carbocycles.